The van der Waals surface area contributed by atoms with Crippen molar-refractivity contribution in [2.45, 2.75) is 56.5 Å². The Morgan fingerprint density at radius 2 is 1.94 bits per heavy atom. The fourth-order valence-electron chi connectivity index (χ4n) is 3.75. The zero-order valence-electron chi connectivity index (χ0n) is 11.6. The minimum Gasteiger partial charge on any atom is -0.329 e. The standard InChI is InChI=1S/C14H29N3/c1-16-10-6-7-13(11-16)17(2)14(12-15)8-4-3-5-9-14/h13H,3-12,15H2,1-2H3. The summed E-state index contributed by atoms with van der Waals surface area (Å²) in [5.41, 5.74) is 6.43. The molecule has 2 fully saturated rings. The first-order valence-electron chi connectivity index (χ1n) is 7.29. The van der Waals surface area contributed by atoms with Crippen LogP contribution in [0, 0.1) is 0 Å². The number of hydrogen-bond acceptors (Lipinski definition) is 3. The van der Waals surface area contributed by atoms with Gasteiger partial charge in [-0.15, -0.1) is 0 Å². The van der Waals surface area contributed by atoms with Gasteiger partial charge in [0.25, 0.3) is 0 Å². The van der Waals surface area contributed by atoms with E-state index in [-0.39, 0.29) is 0 Å². The molecular formula is C14H29N3. The quantitative estimate of drug-likeness (QED) is 0.813. The van der Waals surface area contributed by atoms with Crippen LogP contribution in [0.25, 0.3) is 0 Å². The molecule has 1 aliphatic carbocycles. The van der Waals surface area contributed by atoms with E-state index < -0.39 is 0 Å². The summed E-state index contributed by atoms with van der Waals surface area (Å²) in [6.45, 7) is 3.32. The van der Waals surface area contributed by atoms with Crippen molar-refractivity contribution < 1.29 is 0 Å². The molecule has 0 aromatic carbocycles. The highest BCUT2D eigenvalue weighted by atomic mass is 15.3. The number of likely N-dealkylation sites (tertiary alicyclic amines) is 1. The van der Waals surface area contributed by atoms with Gasteiger partial charge in [-0.2, -0.15) is 0 Å². The number of piperidine rings is 1. The van der Waals surface area contributed by atoms with Gasteiger partial charge in [-0.05, 0) is 46.3 Å². The van der Waals surface area contributed by atoms with E-state index in [1.807, 2.05) is 0 Å². The van der Waals surface area contributed by atoms with Crippen molar-refractivity contribution in [2.24, 2.45) is 5.73 Å². The lowest BCUT2D eigenvalue weighted by molar-refractivity contribution is 0.0147. The van der Waals surface area contributed by atoms with Gasteiger partial charge in [0.1, 0.15) is 0 Å². The Morgan fingerprint density at radius 3 is 2.53 bits per heavy atom. The second-order valence-electron chi connectivity index (χ2n) is 6.16. The van der Waals surface area contributed by atoms with Crippen molar-refractivity contribution >= 4 is 0 Å². The molecule has 0 radical (unpaired) electrons. The Hall–Kier alpha value is -0.120. The minimum atomic E-state index is 0.307. The van der Waals surface area contributed by atoms with Gasteiger partial charge in [0.2, 0.25) is 0 Å². The van der Waals surface area contributed by atoms with Gasteiger partial charge in [0.05, 0.1) is 0 Å². The fraction of sp³-hybridized carbons (Fsp3) is 1.00. The summed E-state index contributed by atoms with van der Waals surface area (Å²) in [6, 6.07) is 0.718. The molecular weight excluding hydrogens is 210 g/mol. The normalized spacial score (nSPS) is 30.7. The molecule has 2 N–H and O–H groups in total. The van der Waals surface area contributed by atoms with E-state index in [0.29, 0.717) is 5.54 Å². The van der Waals surface area contributed by atoms with E-state index in [9.17, 15) is 0 Å². The van der Waals surface area contributed by atoms with Crippen molar-refractivity contribution in [2.75, 3.05) is 33.7 Å². The van der Waals surface area contributed by atoms with Crippen molar-refractivity contribution in [1.29, 1.82) is 0 Å². The average molecular weight is 239 g/mol. The Labute approximate surface area is 106 Å². The zero-order chi connectivity index (χ0) is 12.3. The van der Waals surface area contributed by atoms with Crippen LogP contribution in [-0.2, 0) is 0 Å². The monoisotopic (exact) mass is 239 g/mol. The Bertz CT molecular complexity index is 236. The molecule has 0 amide bonds. The molecule has 0 bridgehead atoms. The Morgan fingerprint density at radius 1 is 1.24 bits per heavy atom. The van der Waals surface area contributed by atoms with E-state index in [1.54, 1.807) is 0 Å². The third-order valence-electron chi connectivity index (χ3n) is 5.06. The van der Waals surface area contributed by atoms with Crippen LogP contribution in [0.4, 0.5) is 0 Å². The highest BCUT2D eigenvalue weighted by molar-refractivity contribution is 4.96. The highest BCUT2D eigenvalue weighted by Crippen LogP contribution is 2.34. The molecule has 100 valence electrons. The minimum absolute atomic E-state index is 0.307. The SMILES string of the molecule is CN1CCCC(N(C)C2(CN)CCCCC2)C1. The van der Waals surface area contributed by atoms with Gasteiger partial charge in [0, 0.05) is 24.7 Å². The van der Waals surface area contributed by atoms with E-state index >= 15 is 0 Å². The highest BCUT2D eigenvalue weighted by Gasteiger charge is 2.38. The maximum atomic E-state index is 6.13. The smallest absolute Gasteiger partial charge is 0.0332 e. The molecule has 1 saturated heterocycles. The lowest BCUT2D eigenvalue weighted by Gasteiger charge is -2.49. The zero-order valence-corrected chi connectivity index (χ0v) is 11.6. The van der Waals surface area contributed by atoms with Crippen LogP contribution < -0.4 is 5.73 Å². The van der Waals surface area contributed by atoms with Crippen LogP contribution in [0.1, 0.15) is 44.9 Å². The van der Waals surface area contributed by atoms with Crippen LogP contribution >= 0.6 is 0 Å². The van der Waals surface area contributed by atoms with Crippen molar-refractivity contribution in [3.63, 3.8) is 0 Å². The molecule has 1 heterocycles. The number of nitrogens with zero attached hydrogens (tertiary/aromatic N) is 2. The molecule has 17 heavy (non-hydrogen) atoms. The summed E-state index contributed by atoms with van der Waals surface area (Å²) in [5.74, 6) is 0. The number of likely N-dealkylation sites (N-methyl/N-ethyl adjacent to an activating group) is 2. The third-order valence-corrected chi connectivity index (χ3v) is 5.06. The number of rotatable bonds is 3. The molecule has 1 atom stereocenters. The van der Waals surface area contributed by atoms with E-state index in [1.165, 1.54) is 58.0 Å². The molecule has 0 aromatic heterocycles. The molecule has 0 aromatic rings. The van der Waals surface area contributed by atoms with Crippen LogP contribution in [0.5, 0.6) is 0 Å². The largest absolute Gasteiger partial charge is 0.329 e. The first kappa shape index (κ1) is 13.3. The van der Waals surface area contributed by atoms with Gasteiger partial charge in [-0.3, -0.25) is 4.90 Å². The van der Waals surface area contributed by atoms with Crippen molar-refractivity contribution in [3.05, 3.63) is 0 Å². The van der Waals surface area contributed by atoms with Crippen molar-refractivity contribution in [1.82, 2.24) is 9.80 Å². The first-order valence-corrected chi connectivity index (χ1v) is 7.29. The summed E-state index contributed by atoms with van der Waals surface area (Å²) in [4.78, 5) is 5.11. The maximum Gasteiger partial charge on any atom is 0.0332 e. The van der Waals surface area contributed by atoms with Crippen LogP contribution in [0.15, 0.2) is 0 Å². The second kappa shape index (κ2) is 5.68. The summed E-state index contributed by atoms with van der Waals surface area (Å²) >= 11 is 0. The Kier molecular flexibility index (Phi) is 4.45. The lowest BCUT2D eigenvalue weighted by atomic mass is 9.79. The number of nitrogens with two attached hydrogens (primary N) is 1. The predicted molar refractivity (Wildman–Crippen MR) is 73.2 cm³/mol. The van der Waals surface area contributed by atoms with Crippen LogP contribution in [0.3, 0.4) is 0 Å². The summed E-state index contributed by atoms with van der Waals surface area (Å²) in [7, 11) is 4.57. The third kappa shape index (κ3) is 2.83. The molecule has 1 unspecified atom stereocenters. The van der Waals surface area contributed by atoms with Crippen molar-refractivity contribution in [3.8, 4) is 0 Å². The van der Waals surface area contributed by atoms with E-state index in [2.05, 4.69) is 23.9 Å². The summed E-state index contributed by atoms with van der Waals surface area (Å²) in [5, 5.41) is 0. The van der Waals surface area contributed by atoms with Gasteiger partial charge < -0.3 is 10.6 Å². The average Bonchev–Trinajstić information content (AvgIpc) is 2.38. The first-order chi connectivity index (χ1) is 8.18. The van der Waals surface area contributed by atoms with Gasteiger partial charge >= 0.3 is 0 Å². The topological polar surface area (TPSA) is 32.5 Å². The van der Waals surface area contributed by atoms with Gasteiger partial charge in [0.15, 0.2) is 0 Å². The summed E-state index contributed by atoms with van der Waals surface area (Å²) in [6.07, 6.45) is 9.43. The van der Waals surface area contributed by atoms with Crippen LogP contribution in [-0.4, -0.2) is 55.1 Å². The van der Waals surface area contributed by atoms with E-state index in [0.717, 1.165) is 12.6 Å². The molecule has 0 spiro atoms. The predicted octanol–water partition coefficient (Wildman–Crippen LogP) is 1.67. The summed E-state index contributed by atoms with van der Waals surface area (Å²) < 4.78 is 0. The molecule has 1 saturated carbocycles. The maximum absolute atomic E-state index is 6.13. The van der Waals surface area contributed by atoms with Gasteiger partial charge in [-0.25, -0.2) is 0 Å². The van der Waals surface area contributed by atoms with Crippen LogP contribution in [0.2, 0.25) is 0 Å². The fourth-order valence-corrected chi connectivity index (χ4v) is 3.75. The van der Waals surface area contributed by atoms with Gasteiger partial charge in [-0.1, -0.05) is 19.3 Å². The molecule has 3 heteroatoms. The lowest BCUT2D eigenvalue weighted by Crippen LogP contribution is -2.59. The second-order valence-corrected chi connectivity index (χ2v) is 6.16. The molecule has 1 aliphatic heterocycles. The number of hydrogen-bond donors (Lipinski definition) is 1. The molecule has 3 nitrogen and oxygen atoms in total. The molecule has 2 rings (SSSR count). The Balaban J connectivity index is 2.02. The molecule has 2 aliphatic rings. The van der Waals surface area contributed by atoms with E-state index in [4.69, 9.17) is 5.73 Å².